The van der Waals surface area contributed by atoms with Crippen LogP contribution in [0, 0.1) is 5.92 Å². The second-order valence-corrected chi connectivity index (χ2v) is 9.33. The Morgan fingerprint density at radius 2 is 1.88 bits per heavy atom. The van der Waals surface area contributed by atoms with Gasteiger partial charge < -0.3 is 20.1 Å². The van der Waals surface area contributed by atoms with E-state index in [0.717, 1.165) is 26.1 Å². The average Bonchev–Trinajstić information content (AvgIpc) is 2.83. The molecule has 0 saturated carbocycles. The smallest absolute Gasteiger partial charge is 0.234 e. The molecule has 3 atom stereocenters. The summed E-state index contributed by atoms with van der Waals surface area (Å²) in [6, 6.07) is 15.7. The average molecular weight is 471 g/mol. The summed E-state index contributed by atoms with van der Waals surface area (Å²) >= 11 is 1.38. The molecule has 0 radical (unpaired) electrons. The molecule has 0 aliphatic carbocycles. The van der Waals surface area contributed by atoms with Crippen LogP contribution < -0.4 is 25.4 Å². The van der Waals surface area contributed by atoms with Gasteiger partial charge in [0.15, 0.2) is 0 Å². The molecule has 2 fully saturated rings. The predicted octanol–water partition coefficient (Wildman–Crippen LogP) is 2.27. The van der Waals surface area contributed by atoms with Gasteiger partial charge in [0.25, 0.3) is 0 Å². The summed E-state index contributed by atoms with van der Waals surface area (Å²) in [6.07, 6.45) is 0.901. The summed E-state index contributed by atoms with van der Waals surface area (Å²) in [5.41, 5.74) is 1.57. The molecule has 2 amide bonds. The van der Waals surface area contributed by atoms with Crippen molar-refractivity contribution in [3.8, 4) is 11.5 Å². The number of carbonyl (C=O) groups is 2. The zero-order chi connectivity index (χ0) is 23.2. The molecule has 0 spiro atoms. The minimum absolute atomic E-state index is 0.0481. The van der Waals surface area contributed by atoms with Crippen LogP contribution in [-0.4, -0.2) is 61.3 Å². The second-order valence-electron chi connectivity index (χ2n) is 8.24. The first-order chi connectivity index (χ1) is 16.0. The number of amides is 2. The number of hydrogen-bond acceptors (Lipinski definition) is 7. The number of hydrogen-bond donors (Lipinski definition) is 3. The second kappa shape index (κ2) is 10.9. The third-order valence-electron chi connectivity index (χ3n) is 5.94. The summed E-state index contributed by atoms with van der Waals surface area (Å²) in [5.74, 6) is 1.21. The monoisotopic (exact) mass is 470 g/mol. The van der Waals surface area contributed by atoms with E-state index in [2.05, 4.69) is 33.0 Å². The molecular weight excluding hydrogens is 440 g/mol. The molecule has 2 aromatic carbocycles. The zero-order valence-electron chi connectivity index (χ0n) is 18.9. The third-order valence-corrected chi connectivity index (χ3v) is 6.95. The standard InChI is InChI=1S/C24H30N4O4S/c1-31-18-10-17(11-19(12-18)32-2)25-22(29)15-33-24-26-21-8-9-28(14-20(21)23(30)27-24)13-16-6-4-3-5-7-16/h3-7,10-12,20-21,24,26H,8-9,13-15H2,1-2H3,(H,25,29)(H,27,30). The van der Waals surface area contributed by atoms with Gasteiger partial charge in [-0.25, -0.2) is 0 Å². The number of piperidine rings is 1. The Kier molecular flexibility index (Phi) is 7.74. The Morgan fingerprint density at radius 3 is 2.58 bits per heavy atom. The van der Waals surface area contributed by atoms with Crippen molar-refractivity contribution in [2.75, 3.05) is 38.4 Å². The first-order valence-electron chi connectivity index (χ1n) is 11.0. The van der Waals surface area contributed by atoms with Gasteiger partial charge in [-0.2, -0.15) is 0 Å². The zero-order valence-corrected chi connectivity index (χ0v) is 19.7. The van der Waals surface area contributed by atoms with Crippen LogP contribution in [-0.2, 0) is 16.1 Å². The van der Waals surface area contributed by atoms with Gasteiger partial charge in [-0.3, -0.25) is 19.8 Å². The van der Waals surface area contributed by atoms with Crippen molar-refractivity contribution in [3.05, 3.63) is 54.1 Å². The minimum atomic E-state index is -0.287. The number of anilines is 1. The highest BCUT2D eigenvalue weighted by molar-refractivity contribution is 8.00. The van der Waals surface area contributed by atoms with E-state index in [0.29, 0.717) is 17.2 Å². The number of rotatable bonds is 8. The fourth-order valence-corrected chi connectivity index (χ4v) is 5.13. The van der Waals surface area contributed by atoms with Gasteiger partial charge in [0, 0.05) is 49.6 Å². The quantitative estimate of drug-likeness (QED) is 0.545. The summed E-state index contributed by atoms with van der Waals surface area (Å²) in [4.78, 5) is 27.6. The van der Waals surface area contributed by atoms with Crippen molar-refractivity contribution >= 4 is 29.3 Å². The molecule has 3 unspecified atom stereocenters. The van der Waals surface area contributed by atoms with E-state index in [4.69, 9.17) is 9.47 Å². The van der Waals surface area contributed by atoms with Crippen molar-refractivity contribution in [1.29, 1.82) is 0 Å². The molecule has 2 aromatic rings. The van der Waals surface area contributed by atoms with Crippen LogP contribution in [0.15, 0.2) is 48.5 Å². The molecule has 0 bridgehead atoms. The topological polar surface area (TPSA) is 91.9 Å². The normalized spacial score (nSPS) is 22.7. The predicted molar refractivity (Wildman–Crippen MR) is 129 cm³/mol. The molecule has 0 aromatic heterocycles. The van der Waals surface area contributed by atoms with E-state index < -0.39 is 0 Å². The lowest BCUT2D eigenvalue weighted by Gasteiger charge is -2.43. The van der Waals surface area contributed by atoms with Crippen LogP contribution in [0.5, 0.6) is 11.5 Å². The Morgan fingerprint density at radius 1 is 1.15 bits per heavy atom. The van der Waals surface area contributed by atoms with E-state index >= 15 is 0 Å². The molecule has 4 rings (SSSR count). The van der Waals surface area contributed by atoms with Gasteiger partial charge in [-0.1, -0.05) is 30.3 Å². The first-order valence-corrected chi connectivity index (χ1v) is 12.1. The number of thioether (sulfide) groups is 1. The molecular formula is C24H30N4O4S. The van der Waals surface area contributed by atoms with Crippen LogP contribution >= 0.6 is 11.8 Å². The summed E-state index contributed by atoms with van der Waals surface area (Å²) in [7, 11) is 3.13. The van der Waals surface area contributed by atoms with Crippen LogP contribution in [0.2, 0.25) is 0 Å². The van der Waals surface area contributed by atoms with Crippen molar-refractivity contribution in [2.45, 2.75) is 24.5 Å². The molecule has 2 aliphatic heterocycles. The summed E-state index contributed by atoms with van der Waals surface area (Å²) in [5, 5.41) is 9.39. The lowest BCUT2D eigenvalue weighted by molar-refractivity contribution is -0.130. The van der Waals surface area contributed by atoms with Crippen LogP contribution in [0.25, 0.3) is 0 Å². The maximum absolute atomic E-state index is 12.8. The molecule has 176 valence electrons. The Bertz CT molecular complexity index is 952. The number of benzene rings is 2. The van der Waals surface area contributed by atoms with Gasteiger partial charge in [0.2, 0.25) is 11.8 Å². The number of ether oxygens (including phenoxy) is 2. The van der Waals surface area contributed by atoms with Crippen LogP contribution in [0.4, 0.5) is 5.69 Å². The third kappa shape index (κ3) is 6.19. The van der Waals surface area contributed by atoms with Gasteiger partial charge in [0.05, 0.1) is 25.9 Å². The van der Waals surface area contributed by atoms with Crippen molar-refractivity contribution in [1.82, 2.24) is 15.5 Å². The fourth-order valence-electron chi connectivity index (χ4n) is 4.27. The van der Waals surface area contributed by atoms with Gasteiger partial charge in [-0.15, -0.1) is 11.8 Å². The van der Waals surface area contributed by atoms with E-state index in [-0.39, 0.29) is 35.0 Å². The highest BCUT2D eigenvalue weighted by Gasteiger charge is 2.39. The van der Waals surface area contributed by atoms with E-state index in [1.165, 1.54) is 17.3 Å². The molecule has 33 heavy (non-hydrogen) atoms. The Labute approximate surface area is 198 Å². The van der Waals surface area contributed by atoms with Crippen LogP contribution in [0.3, 0.4) is 0 Å². The highest BCUT2D eigenvalue weighted by Crippen LogP contribution is 2.27. The Balaban J connectivity index is 1.26. The number of nitrogens with one attached hydrogen (secondary N) is 3. The molecule has 2 saturated heterocycles. The number of nitrogens with zero attached hydrogens (tertiary/aromatic N) is 1. The molecule has 2 aliphatic rings. The lowest BCUT2D eigenvalue weighted by atomic mass is 9.89. The van der Waals surface area contributed by atoms with E-state index in [1.807, 2.05) is 18.2 Å². The lowest BCUT2D eigenvalue weighted by Crippen LogP contribution is -2.64. The fraction of sp³-hybridized carbons (Fsp3) is 0.417. The first kappa shape index (κ1) is 23.4. The van der Waals surface area contributed by atoms with E-state index in [1.54, 1.807) is 32.4 Å². The van der Waals surface area contributed by atoms with Crippen molar-refractivity contribution < 1.29 is 19.1 Å². The molecule has 9 heteroatoms. The van der Waals surface area contributed by atoms with Crippen molar-refractivity contribution in [2.24, 2.45) is 5.92 Å². The molecule has 2 heterocycles. The van der Waals surface area contributed by atoms with Gasteiger partial charge >= 0.3 is 0 Å². The number of carbonyl (C=O) groups excluding carboxylic acids is 2. The molecule has 8 nitrogen and oxygen atoms in total. The minimum Gasteiger partial charge on any atom is -0.497 e. The Hall–Kier alpha value is -2.75. The molecule has 3 N–H and O–H groups in total. The largest absolute Gasteiger partial charge is 0.497 e. The number of likely N-dealkylation sites (tertiary alicyclic amines) is 1. The number of fused-ring (bicyclic) bond motifs is 1. The maximum atomic E-state index is 12.8. The van der Waals surface area contributed by atoms with Crippen molar-refractivity contribution in [3.63, 3.8) is 0 Å². The highest BCUT2D eigenvalue weighted by atomic mass is 32.2. The number of methoxy groups -OCH3 is 2. The van der Waals surface area contributed by atoms with Gasteiger partial charge in [-0.05, 0) is 12.0 Å². The summed E-state index contributed by atoms with van der Waals surface area (Å²) < 4.78 is 10.5. The maximum Gasteiger partial charge on any atom is 0.234 e. The van der Waals surface area contributed by atoms with Crippen LogP contribution in [0.1, 0.15) is 12.0 Å². The SMILES string of the molecule is COc1cc(NC(=O)CSC2NC(=O)C3CN(Cc4ccccc4)CCC3N2)cc(OC)c1. The van der Waals surface area contributed by atoms with E-state index in [9.17, 15) is 9.59 Å². The van der Waals surface area contributed by atoms with Gasteiger partial charge in [0.1, 0.15) is 17.0 Å². The summed E-state index contributed by atoms with van der Waals surface area (Å²) in [6.45, 7) is 2.52.